The number of benzene rings is 2. The van der Waals surface area contributed by atoms with Gasteiger partial charge < -0.3 is 29.9 Å². The van der Waals surface area contributed by atoms with Gasteiger partial charge in [-0.2, -0.15) is 0 Å². The van der Waals surface area contributed by atoms with Gasteiger partial charge in [-0.3, -0.25) is 19.2 Å². The summed E-state index contributed by atoms with van der Waals surface area (Å²) in [7, 11) is 3.36. The number of nitrogens with zero attached hydrogens (tertiary/aromatic N) is 2. The van der Waals surface area contributed by atoms with E-state index in [1.54, 1.807) is 38.4 Å². The SMILES string of the molecule is CC(C)[C@H]1C(=O)NCC/C=C/C[C@@H](C)Oc2ccccc2C(=O)N1C.CC(C)[C@H]1C(=O)NCC/C=C\C[C@@H](C)Oc2ccccc2C(=O)N1C. The van der Waals surface area contributed by atoms with E-state index in [1.165, 1.54) is 9.80 Å². The second-order valence-corrected chi connectivity index (χ2v) is 13.6. The molecule has 4 rings (SSSR count). The molecule has 0 aromatic heterocycles. The van der Waals surface area contributed by atoms with Crippen molar-refractivity contribution in [2.24, 2.45) is 11.8 Å². The van der Waals surface area contributed by atoms with Crippen molar-refractivity contribution in [1.82, 2.24) is 20.4 Å². The summed E-state index contributed by atoms with van der Waals surface area (Å²) in [6.07, 6.45) is 11.2. The molecular formula is C40H56N4O6. The Morgan fingerprint density at radius 1 is 0.600 bits per heavy atom. The molecule has 50 heavy (non-hydrogen) atoms. The third-order valence-corrected chi connectivity index (χ3v) is 8.66. The Labute approximate surface area is 298 Å². The maximum absolute atomic E-state index is 13.0. The number of nitrogens with one attached hydrogen (secondary N) is 2. The number of para-hydroxylation sites is 2. The number of likely N-dealkylation sites (N-methyl/N-ethyl adjacent to an activating group) is 2. The summed E-state index contributed by atoms with van der Waals surface area (Å²) in [5.74, 6) is 0.467. The molecule has 2 aromatic rings. The molecule has 0 radical (unpaired) electrons. The molecule has 10 nitrogen and oxygen atoms in total. The minimum Gasteiger partial charge on any atom is -0.490 e. The van der Waals surface area contributed by atoms with E-state index in [1.807, 2.05) is 65.8 Å². The second-order valence-electron chi connectivity index (χ2n) is 13.6. The first-order chi connectivity index (χ1) is 23.8. The van der Waals surface area contributed by atoms with Gasteiger partial charge in [-0.1, -0.05) is 76.3 Å². The van der Waals surface area contributed by atoms with Crippen LogP contribution in [0.3, 0.4) is 0 Å². The molecule has 4 atom stereocenters. The Morgan fingerprint density at radius 2 is 0.960 bits per heavy atom. The summed E-state index contributed by atoms with van der Waals surface area (Å²) in [5, 5.41) is 5.88. The fourth-order valence-electron chi connectivity index (χ4n) is 6.08. The smallest absolute Gasteiger partial charge is 0.258 e. The number of fused-ring (bicyclic) bond motifs is 2. The molecule has 0 spiro atoms. The molecule has 2 aliphatic heterocycles. The predicted octanol–water partition coefficient (Wildman–Crippen LogP) is 6.03. The first kappa shape index (κ1) is 39.8. The summed E-state index contributed by atoms with van der Waals surface area (Å²) in [4.78, 5) is 54.3. The molecule has 0 saturated carbocycles. The lowest BCUT2D eigenvalue weighted by Gasteiger charge is -2.31. The summed E-state index contributed by atoms with van der Waals surface area (Å²) in [5.41, 5.74) is 0.965. The maximum Gasteiger partial charge on any atom is 0.258 e. The number of rotatable bonds is 2. The van der Waals surface area contributed by atoms with Crippen molar-refractivity contribution < 1.29 is 28.7 Å². The lowest BCUT2D eigenvalue weighted by atomic mass is 10.0. The van der Waals surface area contributed by atoms with Crippen molar-refractivity contribution in [3.05, 3.63) is 84.0 Å². The van der Waals surface area contributed by atoms with Gasteiger partial charge in [-0.15, -0.1) is 0 Å². The second kappa shape index (κ2) is 19.6. The number of hydrogen-bond acceptors (Lipinski definition) is 6. The van der Waals surface area contributed by atoms with E-state index < -0.39 is 12.1 Å². The van der Waals surface area contributed by atoms with E-state index >= 15 is 0 Å². The molecule has 0 aliphatic carbocycles. The Kier molecular flexibility index (Phi) is 15.6. The molecule has 2 heterocycles. The lowest BCUT2D eigenvalue weighted by Crippen LogP contribution is -2.50. The molecule has 0 unspecified atom stereocenters. The molecule has 2 N–H and O–H groups in total. The molecule has 2 aliphatic rings. The Morgan fingerprint density at radius 3 is 1.32 bits per heavy atom. The van der Waals surface area contributed by atoms with Crippen molar-refractivity contribution in [2.45, 2.75) is 91.5 Å². The minimum absolute atomic E-state index is 0.00408. The zero-order chi connectivity index (χ0) is 36.8. The standard InChI is InChI=1S/2C20H28N2O3/c2*1-14(2)18-19(23)21-13-9-5-6-10-15(3)25-17-12-8-7-11-16(17)20(24)22(18)4/h2*5-8,11-12,14-15,18H,9-10,13H2,1-4H3,(H,21,23)/b6-5+;6-5-/t2*15-,18+/m11/s1. The molecule has 0 saturated heterocycles. The first-order valence-corrected chi connectivity index (χ1v) is 17.7. The highest BCUT2D eigenvalue weighted by Crippen LogP contribution is 2.25. The quantitative estimate of drug-likeness (QED) is 0.372. The van der Waals surface area contributed by atoms with Crippen LogP contribution in [0.2, 0.25) is 0 Å². The zero-order valence-electron chi connectivity index (χ0n) is 31.0. The Hall–Kier alpha value is -4.60. The van der Waals surface area contributed by atoms with E-state index in [-0.39, 0.29) is 47.7 Å². The van der Waals surface area contributed by atoms with Crippen LogP contribution in [0.15, 0.2) is 72.8 Å². The van der Waals surface area contributed by atoms with Gasteiger partial charge in [0.2, 0.25) is 11.8 Å². The van der Waals surface area contributed by atoms with Crippen molar-refractivity contribution in [3.63, 3.8) is 0 Å². The van der Waals surface area contributed by atoms with Crippen LogP contribution in [0, 0.1) is 11.8 Å². The Balaban J connectivity index is 0.000000270. The number of ether oxygens (including phenoxy) is 2. The van der Waals surface area contributed by atoms with Crippen LogP contribution in [0.4, 0.5) is 0 Å². The van der Waals surface area contributed by atoms with Crippen molar-refractivity contribution in [1.29, 1.82) is 0 Å². The Bertz CT molecular complexity index is 1390. The highest BCUT2D eigenvalue weighted by Gasteiger charge is 2.33. The zero-order valence-corrected chi connectivity index (χ0v) is 31.0. The fraction of sp³-hybridized carbons (Fsp3) is 0.500. The normalized spacial score (nSPS) is 24.1. The molecule has 272 valence electrons. The van der Waals surface area contributed by atoms with Gasteiger partial charge in [-0.05, 0) is 62.8 Å². The molecule has 0 bridgehead atoms. The van der Waals surface area contributed by atoms with Crippen LogP contribution in [0.5, 0.6) is 11.5 Å². The molecule has 4 amide bonds. The summed E-state index contributed by atoms with van der Waals surface area (Å²) >= 11 is 0. The van der Waals surface area contributed by atoms with Gasteiger partial charge >= 0.3 is 0 Å². The highest BCUT2D eigenvalue weighted by atomic mass is 16.5. The summed E-state index contributed by atoms with van der Waals surface area (Å²) in [6, 6.07) is 13.4. The molecule has 10 heteroatoms. The summed E-state index contributed by atoms with van der Waals surface area (Å²) in [6.45, 7) is 12.9. The van der Waals surface area contributed by atoms with Gasteiger partial charge in [0, 0.05) is 40.0 Å². The van der Waals surface area contributed by atoms with E-state index in [0.717, 1.165) is 25.7 Å². The molecular weight excluding hydrogens is 632 g/mol. The molecule has 0 fully saturated rings. The van der Waals surface area contributed by atoms with Gasteiger partial charge in [0.15, 0.2) is 0 Å². The van der Waals surface area contributed by atoms with Crippen molar-refractivity contribution in [3.8, 4) is 11.5 Å². The monoisotopic (exact) mass is 688 g/mol. The molecule has 2 aromatic carbocycles. The largest absolute Gasteiger partial charge is 0.490 e. The van der Waals surface area contributed by atoms with E-state index in [9.17, 15) is 19.2 Å². The van der Waals surface area contributed by atoms with Gasteiger partial charge in [0.05, 0.1) is 23.3 Å². The number of hydrogen-bond donors (Lipinski definition) is 2. The van der Waals surface area contributed by atoms with E-state index in [0.29, 0.717) is 35.7 Å². The van der Waals surface area contributed by atoms with Crippen LogP contribution < -0.4 is 20.1 Å². The topological polar surface area (TPSA) is 117 Å². The van der Waals surface area contributed by atoms with Gasteiger partial charge in [0.25, 0.3) is 11.8 Å². The van der Waals surface area contributed by atoms with E-state index in [2.05, 4.69) is 34.9 Å². The number of amides is 4. The average molecular weight is 689 g/mol. The van der Waals surface area contributed by atoms with Gasteiger partial charge in [-0.25, -0.2) is 0 Å². The summed E-state index contributed by atoms with van der Waals surface area (Å²) < 4.78 is 12.0. The van der Waals surface area contributed by atoms with Crippen LogP contribution in [-0.2, 0) is 9.59 Å². The van der Waals surface area contributed by atoms with Crippen molar-refractivity contribution >= 4 is 23.6 Å². The third kappa shape index (κ3) is 11.2. The van der Waals surface area contributed by atoms with Crippen LogP contribution in [-0.4, -0.2) is 84.9 Å². The van der Waals surface area contributed by atoms with Gasteiger partial charge in [0.1, 0.15) is 23.6 Å². The van der Waals surface area contributed by atoms with Crippen LogP contribution in [0.1, 0.15) is 87.9 Å². The van der Waals surface area contributed by atoms with Crippen molar-refractivity contribution in [2.75, 3.05) is 27.2 Å². The maximum atomic E-state index is 13.0. The van der Waals surface area contributed by atoms with E-state index in [4.69, 9.17) is 9.47 Å². The lowest BCUT2D eigenvalue weighted by molar-refractivity contribution is -0.127. The van der Waals surface area contributed by atoms with Crippen LogP contribution in [0.25, 0.3) is 0 Å². The van der Waals surface area contributed by atoms with Crippen LogP contribution >= 0.6 is 0 Å². The minimum atomic E-state index is -0.523. The highest BCUT2D eigenvalue weighted by molar-refractivity contribution is 6.00. The first-order valence-electron chi connectivity index (χ1n) is 17.7. The predicted molar refractivity (Wildman–Crippen MR) is 197 cm³/mol. The number of carbonyl (C=O) groups excluding carboxylic acids is 4. The third-order valence-electron chi connectivity index (χ3n) is 8.66. The fourth-order valence-corrected chi connectivity index (χ4v) is 6.08. The average Bonchev–Trinajstić information content (AvgIpc) is 3.07. The number of carbonyl (C=O) groups is 4.